The van der Waals surface area contributed by atoms with Crippen molar-refractivity contribution in [3.8, 4) is 0 Å². The fourth-order valence-electron chi connectivity index (χ4n) is 2.05. The van der Waals surface area contributed by atoms with E-state index in [-0.39, 0.29) is 6.42 Å². The Morgan fingerprint density at radius 2 is 1.73 bits per heavy atom. The summed E-state index contributed by atoms with van der Waals surface area (Å²) >= 11 is 0. The SMILES string of the molecule is CCc1ccc(CC(CC(=O)O)NC(=O)OC(C)(C)C)cc1. The average molecular weight is 307 g/mol. The smallest absolute Gasteiger partial charge is 0.407 e. The van der Waals surface area contributed by atoms with Crippen LogP contribution in [0.2, 0.25) is 0 Å². The van der Waals surface area contributed by atoms with Crippen LogP contribution in [0.15, 0.2) is 24.3 Å². The van der Waals surface area contributed by atoms with Crippen LogP contribution in [0, 0.1) is 0 Å². The Morgan fingerprint density at radius 1 is 1.18 bits per heavy atom. The number of carboxylic acid groups (broad SMARTS) is 1. The number of carbonyl (C=O) groups excluding carboxylic acids is 1. The van der Waals surface area contributed by atoms with Gasteiger partial charge in [0.25, 0.3) is 0 Å². The number of aliphatic carboxylic acids is 1. The average Bonchev–Trinajstić information content (AvgIpc) is 2.36. The predicted octanol–water partition coefficient (Wildman–Crippen LogP) is 3.16. The molecule has 2 N–H and O–H groups in total. The number of nitrogens with one attached hydrogen (secondary N) is 1. The van der Waals surface area contributed by atoms with Gasteiger partial charge in [-0.2, -0.15) is 0 Å². The molecule has 0 fully saturated rings. The first-order valence-electron chi connectivity index (χ1n) is 7.48. The topological polar surface area (TPSA) is 75.6 Å². The van der Waals surface area contributed by atoms with Gasteiger partial charge < -0.3 is 15.2 Å². The summed E-state index contributed by atoms with van der Waals surface area (Å²) < 4.78 is 5.18. The van der Waals surface area contributed by atoms with Gasteiger partial charge in [-0.15, -0.1) is 0 Å². The first kappa shape index (κ1) is 18.0. The van der Waals surface area contributed by atoms with Crippen LogP contribution in [0.5, 0.6) is 0 Å². The summed E-state index contributed by atoms with van der Waals surface area (Å²) in [6, 6.07) is 7.45. The molecule has 1 unspecified atom stereocenters. The molecule has 5 nitrogen and oxygen atoms in total. The van der Waals surface area contributed by atoms with E-state index in [1.54, 1.807) is 20.8 Å². The lowest BCUT2D eigenvalue weighted by Crippen LogP contribution is -2.41. The van der Waals surface area contributed by atoms with E-state index in [2.05, 4.69) is 12.2 Å². The maximum absolute atomic E-state index is 11.8. The molecule has 0 saturated carbocycles. The molecule has 5 heteroatoms. The fourth-order valence-corrected chi connectivity index (χ4v) is 2.05. The molecular weight excluding hydrogens is 282 g/mol. The number of carboxylic acids is 1. The molecule has 1 amide bonds. The second-order valence-electron chi connectivity index (χ2n) is 6.32. The maximum atomic E-state index is 11.8. The third-order valence-corrected chi connectivity index (χ3v) is 3.06. The highest BCUT2D eigenvalue weighted by molar-refractivity contribution is 5.71. The van der Waals surface area contributed by atoms with E-state index >= 15 is 0 Å². The molecule has 1 aromatic carbocycles. The summed E-state index contributed by atoms with van der Waals surface area (Å²) in [6.07, 6.45) is 0.670. The van der Waals surface area contributed by atoms with E-state index in [4.69, 9.17) is 9.84 Å². The fraction of sp³-hybridized carbons (Fsp3) is 0.529. The molecule has 0 aliphatic rings. The zero-order chi connectivity index (χ0) is 16.8. The molecule has 0 aromatic heterocycles. The lowest BCUT2D eigenvalue weighted by Gasteiger charge is -2.23. The summed E-state index contributed by atoms with van der Waals surface area (Å²) in [6.45, 7) is 7.37. The van der Waals surface area contributed by atoms with Crippen molar-refractivity contribution in [3.05, 3.63) is 35.4 Å². The van der Waals surface area contributed by atoms with Crippen molar-refractivity contribution in [1.29, 1.82) is 0 Å². The van der Waals surface area contributed by atoms with Crippen LogP contribution in [0.25, 0.3) is 0 Å². The minimum Gasteiger partial charge on any atom is -0.481 e. The van der Waals surface area contributed by atoms with Crippen LogP contribution < -0.4 is 5.32 Å². The van der Waals surface area contributed by atoms with Crippen molar-refractivity contribution in [3.63, 3.8) is 0 Å². The number of rotatable bonds is 6. The standard InChI is InChI=1S/C17H25NO4/c1-5-12-6-8-13(9-7-12)10-14(11-15(19)20)18-16(21)22-17(2,3)4/h6-9,14H,5,10-11H2,1-4H3,(H,18,21)(H,19,20). The third-order valence-electron chi connectivity index (χ3n) is 3.06. The zero-order valence-electron chi connectivity index (χ0n) is 13.7. The molecule has 0 bridgehead atoms. The van der Waals surface area contributed by atoms with Crippen LogP contribution in [0.3, 0.4) is 0 Å². The first-order chi connectivity index (χ1) is 10.2. The van der Waals surface area contributed by atoms with Gasteiger partial charge in [-0.3, -0.25) is 4.79 Å². The highest BCUT2D eigenvalue weighted by atomic mass is 16.6. The van der Waals surface area contributed by atoms with Crippen molar-refractivity contribution in [2.75, 3.05) is 0 Å². The van der Waals surface area contributed by atoms with Gasteiger partial charge >= 0.3 is 12.1 Å². The highest BCUT2D eigenvalue weighted by Gasteiger charge is 2.21. The molecule has 122 valence electrons. The molecule has 22 heavy (non-hydrogen) atoms. The van der Waals surface area contributed by atoms with Gasteiger partial charge in [-0.1, -0.05) is 31.2 Å². The molecule has 1 aromatic rings. The number of carbonyl (C=O) groups is 2. The number of aryl methyl sites for hydroxylation is 1. The minimum absolute atomic E-state index is 0.144. The van der Waals surface area contributed by atoms with Crippen LogP contribution in [-0.4, -0.2) is 28.8 Å². The van der Waals surface area contributed by atoms with E-state index in [1.807, 2.05) is 24.3 Å². The number of alkyl carbamates (subject to hydrolysis) is 1. The van der Waals surface area contributed by atoms with Crippen molar-refractivity contribution < 1.29 is 19.4 Å². The summed E-state index contributed by atoms with van der Waals surface area (Å²) in [7, 11) is 0. The van der Waals surface area contributed by atoms with Gasteiger partial charge in [-0.25, -0.2) is 4.79 Å². The number of ether oxygens (including phenoxy) is 1. The molecule has 0 saturated heterocycles. The maximum Gasteiger partial charge on any atom is 0.407 e. The van der Waals surface area contributed by atoms with Crippen molar-refractivity contribution in [2.24, 2.45) is 0 Å². The number of hydrogen-bond acceptors (Lipinski definition) is 3. The van der Waals surface area contributed by atoms with Crippen molar-refractivity contribution >= 4 is 12.1 Å². The monoisotopic (exact) mass is 307 g/mol. The molecule has 0 spiro atoms. The summed E-state index contributed by atoms with van der Waals surface area (Å²) in [5, 5.41) is 11.6. The Balaban J connectivity index is 2.70. The van der Waals surface area contributed by atoms with Gasteiger partial charge in [0, 0.05) is 6.04 Å². The van der Waals surface area contributed by atoms with Gasteiger partial charge in [0.15, 0.2) is 0 Å². The third kappa shape index (κ3) is 7.11. The predicted molar refractivity (Wildman–Crippen MR) is 84.9 cm³/mol. The molecule has 0 aliphatic carbocycles. The summed E-state index contributed by atoms with van der Waals surface area (Å²) in [4.78, 5) is 22.8. The largest absolute Gasteiger partial charge is 0.481 e. The van der Waals surface area contributed by atoms with Crippen molar-refractivity contribution in [2.45, 2.75) is 58.6 Å². The summed E-state index contributed by atoms with van der Waals surface area (Å²) in [5.74, 6) is -0.953. The van der Waals surface area contributed by atoms with Crippen LogP contribution >= 0.6 is 0 Å². The minimum atomic E-state index is -0.953. The van der Waals surface area contributed by atoms with Crippen LogP contribution in [0.1, 0.15) is 45.2 Å². The van der Waals surface area contributed by atoms with Gasteiger partial charge in [-0.05, 0) is 44.7 Å². The van der Waals surface area contributed by atoms with Crippen molar-refractivity contribution in [1.82, 2.24) is 5.32 Å². The Morgan fingerprint density at radius 3 is 2.18 bits per heavy atom. The Labute approximate surface area is 131 Å². The van der Waals surface area contributed by atoms with E-state index in [0.29, 0.717) is 6.42 Å². The van der Waals surface area contributed by atoms with E-state index in [1.165, 1.54) is 5.56 Å². The van der Waals surface area contributed by atoms with E-state index in [9.17, 15) is 9.59 Å². The second-order valence-corrected chi connectivity index (χ2v) is 6.32. The lowest BCUT2D eigenvalue weighted by atomic mass is 10.0. The molecule has 0 radical (unpaired) electrons. The lowest BCUT2D eigenvalue weighted by molar-refractivity contribution is -0.137. The molecule has 1 atom stereocenters. The number of hydrogen-bond donors (Lipinski definition) is 2. The summed E-state index contributed by atoms with van der Waals surface area (Å²) in [5.41, 5.74) is 1.60. The Bertz CT molecular complexity index is 502. The quantitative estimate of drug-likeness (QED) is 0.846. The number of amides is 1. The Kier molecular flexibility index (Phi) is 6.40. The number of benzene rings is 1. The van der Waals surface area contributed by atoms with Gasteiger partial charge in [0.2, 0.25) is 0 Å². The normalized spacial score (nSPS) is 12.5. The van der Waals surface area contributed by atoms with Crippen LogP contribution in [0.4, 0.5) is 4.79 Å². The van der Waals surface area contributed by atoms with Gasteiger partial charge in [0.05, 0.1) is 6.42 Å². The molecule has 0 aliphatic heterocycles. The molecule has 1 rings (SSSR count). The molecular formula is C17H25NO4. The Hall–Kier alpha value is -2.04. The first-order valence-corrected chi connectivity index (χ1v) is 7.48. The van der Waals surface area contributed by atoms with E-state index < -0.39 is 23.7 Å². The van der Waals surface area contributed by atoms with Crippen LogP contribution in [-0.2, 0) is 22.4 Å². The van der Waals surface area contributed by atoms with E-state index in [0.717, 1.165) is 12.0 Å². The zero-order valence-corrected chi connectivity index (χ0v) is 13.7. The van der Waals surface area contributed by atoms with Gasteiger partial charge in [0.1, 0.15) is 5.60 Å². The highest BCUT2D eigenvalue weighted by Crippen LogP contribution is 2.11. The molecule has 0 heterocycles. The second kappa shape index (κ2) is 7.82.